The first-order valence-corrected chi connectivity index (χ1v) is 6.90. The van der Waals surface area contributed by atoms with Crippen LogP contribution in [0.2, 0.25) is 0 Å². The number of nitrogens with zero attached hydrogens (tertiary/aromatic N) is 1. The number of nitrogens with two attached hydrogens (primary N) is 1. The Kier molecular flexibility index (Phi) is 4.82. The highest BCUT2D eigenvalue weighted by Crippen LogP contribution is 2.14. The minimum atomic E-state index is -3.51. The van der Waals surface area contributed by atoms with Crippen LogP contribution < -0.4 is 5.14 Å². The van der Waals surface area contributed by atoms with Crippen LogP contribution in [0.1, 0.15) is 32.1 Å². The summed E-state index contributed by atoms with van der Waals surface area (Å²) >= 11 is 0. The fourth-order valence-electron chi connectivity index (χ4n) is 1.44. The van der Waals surface area contributed by atoms with E-state index in [-0.39, 0.29) is 18.0 Å². The van der Waals surface area contributed by atoms with Crippen LogP contribution in [0.15, 0.2) is 16.8 Å². The largest absolute Gasteiger partial charge is 0.300 e. The van der Waals surface area contributed by atoms with Crippen LogP contribution in [0.3, 0.4) is 0 Å². The quantitative estimate of drug-likeness (QED) is 0.717. The van der Waals surface area contributed by atoms with E-state index >= 15 is 0 Å². The molecule has 0 amide bonds. The van der Waals surface area contributed by atoms with Crippen LogP contribution in [0.5, 0.6) is 0 Å². The molecule has 0 unspecified atom stereocenters. The van der Waals surface area contributed by atoms with Gasteiger partial charge in [-0.3, -0.25) is 9.79 Å². The van der Waals surface area contributed by atoms with Crippen LogP contribution in [-0.4, -0.2) is 26.2 Å². The van der Waals surface area contributed by atoms with E-state index < -0.39 is 10.0 Å². The van der Waals surface area contributed by atoms with E-state index in [0.717, 1.165) is 19.3 Å². The standard InChI is InChI=1S/C10H16N2O3S/c11-16(14,15)7-5-10(13)3-1-2-9-4-6-12-8-9/h6,8H,1-5,7H2,(H2,11,14,15). The second-order valence-corrected chi connectivity index (χ2v) is 5.57. The van der Waals surface area contributed by atoms with Gasteiger partial charge in [0.15, 0.2) is 0 Å². The topological polar surface area (TPSA) is 89.6 Å². The van der Waals surface area contributed by atoms with Gasteiger partial charge in [0.25, 0.3) is 0 Å². The number of sulfonamides is 1. The van der Waals surface area contributed by atoms with Gasteiger partial charge in [-0.15, -0.1) is 0 Å². The Morgan fingerprint density at radius 2 is 2.19 bits per heavy atom. The summed E-state index contributed by atoms with van der Waals surface area (Å²) in [5.74, 6) is -0.300. The van der Waals surface area contributed by atoms with E-state index in [1.54, 1.807) is 0 Å². The van der Waals surface area contributed by atoms with Crippen LogP contribution in [0.25, 0.3) is 0 Å². The average Bonchev–Trinajstić information content (AvgIpc) is 2.66. The summed E-state index contributed by atoms with van der Waals surface area (Å²) < 4.78 is 21.2. The molecule has 16 heavy (non-hydrogen) atoms. The minimum absolute atomic E-state index is 0.0222. The molecule has 0 spiro atoms. The summed E-state index contributed by atoms with van der Waals surface area (Å²) in [5.41, 5.74) is 1.22. The molecule has 90 valence electrons. The van der Waals surface area contributed by atoms with Gasteiger partial charge in [0, 0.05) is 31.7 Å². The van der Waals surface area contributed by atoms with E-state index in [4.69, 9.17) is 5.14 Å². The number of primary sulfonamides is 1. The summed E-state index contributed by atoms with van der Waals surface area (Å²) in [4.78, 5) is 15.3. The third kappa shape index (κ3) is 5.77. The van der Waals surface area contributed by atoms with Crippen molar-refractivity contribution < 1.29 is 13.2 Å². The fourth-order valence-corrected chi connectivity index (χ4v) is 1.95. The van der Waals surface area contributed by atoms with E-state index in [0.29, 0.717) is 6.42 Å². The highest BCUT2D eigenvalue weighted by Gasteiger charge is 2.09. The fraction of sp³-hybridized carbons (Fsp3) is 0.600. The summed E-state index contributed by atoms with van der Waals surface area (Å²) in [7, 11) is -3.51. The van der Waals surface area contributed by atoms with Gasteiger partial charge in [-0.1, -0.05) is 0 Å². The number of carbonyl (C=O) groups is 1. The molecule has 0 fully saturated rings. The summed E-state index contributed by atoms with van der Waals surface area (Å²) in [6.45, 7) is 0. The van der Waals surface area contributed by atoms with E-state index in [1.165, 1.54) is 5.57 Å². The molecule has 0 saturated heterocycles. The first-order chi connectivity index (χ1) is 7.47. The third-order valence-corrected chi connectivity index (χ3v) is 3.11. The van der Waals surface area contributed by atoms with Crippen molar-refractivity contribution in [3.8, 4) is 0 Å². The molecule has 5 nitrogen and oxygen atoms in total. The highest BCUT2D eigenvalue weighted by atomic mass is 32.2. The summed E-state index contributed by atoms with van der Waals surface area (Å²) in [6.07, 6.45) is 6.54. The lowest BCUT2D eigenvalue weighted by Crippen LogP contribution is -2.18. The normalized spacial score (nSPS) is 15.2. The molecule has 0 aromatic heterocycles. The third-order valence-electron chi connectivity index (χ3n) is 2.33. The molecule has 0 saturated carbocycles. The molecule has 1 rings (SSSR count). The first kappa shape index (κ1) is 13.1. The number of carbonyl (C=O) groups excluding carboxylic acids is 1. The Bertz CT molecular complexity index is 410. The molecular formula is C10H16N2O3S. The second kappa shape index (κ2) is 5.91. The van der Waals surface area contributed by atoms with Crippen molar-refractivity contribution in [2.24, 2.45) is 10.1 Å². The maximum absolute atomic E-state index is 11.3. The van der Waals surface area contributed by atoms with Crippen molar-refractivity contribution >= 4 is 22.0 Å². The zero-order chi connectivity index (χ0) is 12.0. The smallest absolute Gasteiger partial charge is 0.209 e. The van der Waals surface area contributed by atoms with Crippen molar-refractivity contribution in [1.82, 2.24) is 0 Å². The summed E-state index contributed by atoms with van der Waals surface area (Å²) in [6, 6.07) is 0. The van der Waals surface area contributed by atoms with Crippen LogP contribution >= 0.6 is 0 Å². The zero-order valence-corrected chi connectivity index (χ0v) is 9.87. The molecule has 1 heterocycles. The van der Waals surface area contributed by atoms with Crippen molar-refractivity contribution in [3.63, 3.8) is 0 Å². The van der Waals surface area contributed by atoms with Gasteiger partial charge in [-0.2, -0.15) is 0 Å². The Labute approximate surface area is 95.5 Å². The lowest BCUT2D eigenvalue weighted by atomic mass is 10.1. The Morgan fingerprint density at radius 3 is 2.75 bits per heavy atom. The van der Waals surface area contributed by atoms with Gasteiger partial charge >= 0.3 is 0 Å². The lowest BCUT2D eigenvalue weighted by molar-refractivity contribution is -0.118. The predicted octanol–water partition coefficient (Wildman–Crippen LogP) is 0.763. The first-order valence-electron chi connectivity index (χ1n) is 5.19. The Morgan fingerprint density at radius 1 is 1.44 bits per heavy atom. The maximum atomic E-state index is 11.3. The monoisotopic (exact) mass is 244 g/mol. The van der Waals surface area contributed by atoms with Crippen molar-refractivity contribution in [3.05, 3.63) is 11.8 Å². The van der Waals surface area contributed by atoms with E-state index in [2.05, 4.69) is 4.99 Å². The molecule has 1 aliphatic heterocycles. The molecule has 1 aliphatic rings. The second-order valence-electron chi connectivity index (χ2n) is 3.83. The van der Waals surface area contributed by atoms with Gasteiger partial charge in [0.05, 0.1) is 5.75 Å². The van der Waals surface area contributed by atoms with Gasteiger partial charge in [-0.25, -0.2) is 13.6 Å². The number of allylic oxidation sites excluding steroid dienone is 1. The number of hydrogen-bond donors (Lipinski definition) is 1. The molecule has 0 aromatic carbocycles. The predicted molar refractivity (Wildman–Crippen MR) is 62.6 cm³/mol. The van der Waals surface area contributed by atoms with Crippen LogP contribution in [0.4, 0.5) is 0 Å². The molecular weight excluding hydrogens is 228 g/mol. The Balaban J connectivity index is 2.11. The number of aliphatic imine (C=N–C) groups is 1. The van der Waals surface area contributed by atoms with Gasteiger partial charge in [0.2, 0.25) is 10.0 Å². The minimum Gasteiger partial charge on any atom is -0.300 e. The SMILES string of the molecule is NS(=O)(=O)CCC(=O)CCCC1=CN=CC1. The van der Waals surface area contributed by atoms with Gasteiger partial charge in [-0.05, 0) is 18.4 Å². The molecule has 0 aliphatic carbocycles. The van der Waals surface area contributed by atoms with Crippen LogP contribution in [0, 0.1) is 0 Å². The Hall–Kier alpha value is -1.01. The van der Waals surface area contributed by atoms with Gasteiger partial charge < -0.3 is 0 Å². The highest BCUT2D eigenvalue weighted by molar-refractivity contribution is 7.89. The molecule has 0 bridgehead atoms. The molecule has 0 radical (unpaired) electrons. The molecule has 0 atom stereocenters. The maximum Gasteiger partial charge on any atom is 0.209 e. The number of ketones is 1. The zero-order valence-electron chi connectivity index (χ0n) is 9.05. The molecule has 6 heteroatoms. The number of Topliss-reactive ketones (excluding diaryl/α,β-unsaturated/α-hetero) is 1. The molecule has 0 aromatic rings. The van der Waals surface area contributed by atoms with E-state index in [1.807, 2.05) is 12.4 Å². The van der Waals surface area contributed by atoms with Crippen LogP contribution in [-0.2, 0) is 14.8 Å². The van der Waals surface area contributed by atoms with Gasteiger partial charge in [0.1, 0.15) is 5.78 Å². The number of hydrogen-bond acceptors (Lipinski definition) is 4. The van der Waals surface area contributed by atoms with Crippen molar-refractivity contribution in [2.75, 3.05) is 5.75 Å². The van der Waals surface area contributed by atoms with Crippen molar-refractivity contribution in [1.29, 1.82) is 0 Å². The lowest BCUT2D eigenvalue weighted by Gasteiger charge is -2.01. The van der Waals surface area contributed by atoms with Crippen molar-refractivity contribution in [2.45, 2.75) is 32.1 Å². The average molecular weight is 244 g/mol. The van der Waals surface area contributed by atoms with E-state index in [9.17, 15) is 13.2 Å². The number of rotatable bonds is 7. The molecule has 2 N–H and O–H groups in total. The summed E-state index contributed by atoms with van der Waals surface area (Å²) in [5, 5.41) is 4.81.